The van der Waals surface area contributed by atoms with Crippen molar-refractivity contribution in [2.24, 2.45) is 0 Å². The van der Waals surface area contributed by atoms with Crippen LogP contribution in [0.25, 0.3) is 0 Å². The van der Waals surface area contributed by atoms with Crippen molar-refractivity contribution in [1.29, 1.82) is 0 Å². The Bertz CT molecular complexity index is 655. The minimum Gasteiger partial charge on any atom is -0.301 e. The number of nitrogens with one attached hydrogen (secondary N) is 1. The highest BCUT2D eigenvalue weighted by Crippen LogP contribution is 2.12. The Kier molecular flexibility index (Phi) is 5.46. The number of nitrogens with zero attached hydrogens (tertiary/aromatic N) is 1. The Morgan fingerprint density at radius 2 is 1.95 bits per heavy atom. The molecule has 7 heteroatoms. The van der Waals surface area contributed by atoms with Crippen molar-refractivity contribution < 1.29 is 12.8 Å². The summed E-state index contributed by atoms with van der Waals surface area (Å²) in [7, 11) is -1.52. The van der Waals surface area contributed by atoms with Gasteiger partial charge in [-0.1, -0.05) is 12.1 Å². The molecule has 1 aromatic carbocycles. The molecular formula is C14H17FN2O2S2. The zero-order valence-electron chi connectivity index (χ0n) is 11.6. The Hall–Kier alpha value is -1.28. The fraction of sp³-hybridized carbons (Fsp3) is 0.286. The third-order valence-electron chi connectivity index (χ3n) is 2.96. The van der Waals surface area contributed by atoms with Crippen LogP contribution in [0.15, 0.2) is 46.0 Å². The summed E-state index contributed by atoms with van der Waals surface area (Å²) in [5.74, 6) is -0.259. The topological polar surface area (TPSA) is 49.4 Å². The first-order valence-electron chi connectivity index (χ1n) is 6.42. The van der Waals surface area contributed by atoms with Gasteiger partial charge in [0.05, 0.1) is 4.90 Å². The molecule has 1 heterocycles. The molecular weight excluding hydrogens is 311 g/mol. The average molecular weight is 328 g/mol. The molecule has 0 spiro atoms. The molecule has 0 aliphatic heterocycles. The second-order valence-corrected chi connectivity index (χ2v) is 7.27. The zero-order valence-corrected chi connectivity index (χ0v) is 13.3. The number of hydrogen-bond acceptors (Lipinski definition) is 4. The molecule has 0 amide bonds. The van der Waals surface area contributed by atoms with E-state index in [0.29, 0.717) is 24.5 Å². The molecule has 0 saturated carbocycles. The molecule has 2 rings (SSSR count). The molecule has 114 valence electrons. The summed E-state index contributed by atoms with van der Waals surface area (Å²) in [4.78, 5) is 2.28. The van der Waals surface area contributed by atoms with E-state index in [1.54, 1.807) is 29.0 Å². The van der Waals surface area contributed by atoms with Gasteiger partial charge in [0, 0.05) is 25.0 Å². The van der Waals surface area contributed by atoms with Gasteiger partial charge in [-0.2, -0.15) is 11.3 Å². The van der Waals surface area contributed by atoms with Crippen molar-refractivity contribution in [1.82, 2.24) is 9.62 Å². The van der Waals surface area contributed by atoms with Gasteiger partial charge in [0.2, 0.25) is 10.0 Å². The molecule has 0 saturated heterocycles. The van der Waals surface area contributed by atoms with Crippen molar-refractivity contribution in [2.75, 3.05) is 20.1 Å². The van der Waals surface area contributed by atoms with E-state index < -0.39 is 10.0 Å². The molecule has 4 nitrogen and oxygen atoms in total. The van der Waals surface area contributed by atoms with Crippen LogP contribution in [-0.2, 0) is 16.6 Å². The van der Waals surface area contributed by atoms with Crippen LogP contribution >= 0.6 is 11.3 Å². The van der Waals surface area contributed by atoms with Gasteiger partial charge in [-0.25, -0.2) is 17.5 Å². The minimum atomic E-state index is -3.41. The maximum absolute atomic E-state index is 12.8. The van der Waals surface area contributed by atoms with Crippen LogP contribution in [0, 0.1) is 5.82 Å². The summed E-state index contributed by atoms with van der Waals surface area (Å²) in [6, 6.07) is 7.86. The lowest BCUT2D eigenvalue weighted by Crippen LogP contribution is -2.32. The standard InChI is InChI=1S/C14H17FN2O2S2/c1-17(10-12-2-4-13(15)5-3-12)8-7-16-21(18,19)14-6-9-20-11-14/h2-6,9,11,16H,7-8,10H2,1H3. The molecule has 0 radical (unpaired) electrons. The molecule has 0 fully saturated rings. The smallest absolute Gasteiger partial charge is 0.241 e. The highest BCUT2D eigenvalue weighted by atomic mass is 32.2. The van der Waals surface area contributed by atoms with Crippen LogP contribution in [-0.4, -0.2) is 33.5 Å². The Morgan fingerprint density at radius 3 is 2.57 bits per heavy atom. The maximum atomic E-state index is 12.8. The van der Waals surface area contributed by atoms with Crippen molar-refractivity contribution in [2.45, 2.75) is 11.4 Å². The summed E-state index contributed by atoms with van der Waals surface area (Å²) >= 11 is 1.35. The number of rotatable bonds is 7. The van der Waals surface area contributed by atoms with Crippen LogP contribution in [0.2, 0.25) is 0 Å². The van der Waals surface area contributed by atoms with E-state index in [9.17, 15) is 12.8 Å². The number of thiophene rings is 1. The lowest BCUT2D eigenvalue weighted by Gasteiger charge is -2.17. The molecule has 1 aromatic heterocycles. The number of hydrogen-bond donors (Lipinski definition) is 1. The Morgan fingerprint density at radius 1 is 1.24 bits per heavy atom. The van der Waals surface area contributed by atoms with Crippen LogP contribution in [0.3, 0.4) is 0 Å². The molecule has 1 N–H and O–H groups in total. The maximum Gasteiger partial charge on any atom is 0.241 e. The second kappa shape index (κ2) is 7.13. The van der Waals surface area contributed by atoms with Gasteiger partial charge in [-0.15, -0.1) is 0 Å². The lowest BCUT2D eigenvalue weighted by molar-refractivity contribution is 0.332. The highest BCUT2D eigenvalue weighted by molar-refractivity contribution is 7.89. The predicted molar refractivity (Wildman–Crippen MR) is 82.2 cm³/mol. The number of sulfonamides is 1. The Labute approximate surface area is 128 Å². The van der Waals surface area contributed by atoms with Crippen molar-refractivity contribution in [3.63, 3.8) is 0 Å². The molecule has 0 unspecified atom stereocenters. The third kappa shape index (κ3) is 4.89. The average Bonchev–Trinajstić information content (AvgIpc) is 2.96. The SMILES string of the molecule is CN(CCNS(=O)(=O)c1ccsc1)Cc1ccc(F)cc1. The van der Waals surface area contributed by atoms with Crippen LogP contribution in [0.5, 0.6) is 0 Å². The monoisotopic (exact) mass is 328 g/mol. The summed E-state index contributed by atoms with van der Waals surface area (Å²) in [5, 5.41) is 3.33. The van der Waals surface area contributed by atoms with Crippen LogP contribution in [0.4, 0.5) is 4.39 Å². The van der Waals surface area contributed by atoms with Crippen molar-refractivity contribution >= 4 is 21.4 Å². The van der Waals surface area contributed by atoms with E-state index >= 15 is 0 Å². The second-order valence-electron chi connectivity index (χ2n) is 4.72. The molecule has 21 heavy (non-hydrogen) atoms. The first-order chi connectivity index (χ1) is 9.97. The van der Waals surface area contributed by atoms with E-state index in [0.717, 1.165) is 5.56 Å². The van der Waals surface area contributed by atoms with Gasteiger partial charge in [-0.05, 0) is 36.2 Å². The highest BCUT2D eigenvalue weighted by Gasteiger charge is 2.13. The van der Waals surface area contributed by atoms with Gasteiger partial charge in [0.15, 0.2) is 0 Å². The Balaban J connectivity index is 1.79. The first-order valence-corrected chi connectivity index (χ1v) is 8.85. The molecule has 0 atom stereocenters. The molecule has 0 aliphatic carbocycles. The predicted octanol–water partition coefficient (Wildman–Crippen LogP) is 2.30. The number of benzene rings is 1. The summed E-state index contributed by atoms with van der Waals surface area (Å²) in [6.45, 7) is 1.54. The van der Waals surface area contributed by atoms with Gasteiger partial charge in [0.1, 0.15) is 5.82 Å². The summed E-state index contributed by atoms with van der Waals surface area (Å²) in [5.41, 5.74) is 0.986. The largest absolute Gasteiger partial charge is 0.301 e. The van der Waals surface area contributed by atoms with E-state index in [2.05, 4.69) is 4.72 Å². The van der Waals surface area contributed by atoms with Gasteiger partial charge >= 0.3 is 0 Å². The van der Waals surface area contributed by atoms with E-state index in [1.165, 1.54) is 23.5 Å². The van der Waals surface area contributed by atoms with Gasteiger partial charge in [-0.3, -0.25) is 0 Å². The van der Waals surface area contributed by atoms with Crippen LogP contribution in [0.1, 0.15) is 5.56 Å². The zero-order chi connectivity index (χ0) is 15.3. The van der Waals surface area contributed by atoms with Gasteiger partial charge in [0.25, 0.3) is 0 Å². The van der Waals surface area contributed by atoms with E-state index in [-0.39, 0.29) is 5.82 Å². The third-order valence-corrected chi connectivity index (χ3v) is 5.25. The van der Waals surface area contributed by atoms with Gasteiger partial charge < -0.3 is 4.90 Å². The normalized spacial score (nSPS) is 12.0. The van der Waals surface area contributed by atoms with Crippen molar-refractivity contribution in [3.05, 3.63) is 52.5 Å². The first kappa shape index (κ1) is 16.1. The summed E-state index contributed by atoms with van der Waals surface area (Å²) in [6.07, 6.45) is 0. The van der Waals surface area contributed by atoms with Crippen LogP contribution < -0.4 is 4.72 Å². The molecule has 0 bridgehead atoms. The number of halogens is 1. The summed E-state index contributed by atoms with van der Waals surface area (Å²) < 4.78 is 39.2. The van der Waals surface area contributed by atoms with E-state index in [4.69, 9.17) is 0 Å². The lowest BCUT2D eigenvalue weighted by atomic mass is 10.2. The van der Waals surface area contributed by atoms with E-state index in [1.807, 2.05) is 11.9 Å². The van der Waals surface area contributed by atoms with Crippen molar-refractivity contribution in [3.8, 4) is 0 Å². The quantitative estimate of drug-likeness (QED) is 0.848. The fourth-order valence-electron chi connectivity index (χ4n) is 1.84. The molecule has 2 aromatic rings. The molecule has 0 aliphatic rings. The minimum absolute atomic E-state index is 0.259. The number of likely N-dealkylation sites (N-methyl/N-ethyl adjacent to an activating group) is 1. The fourth-order valence-corrected chi connectivity index (χ4v) is 3.89.